The number of hydrogen-bond donors (Lipinski definition) is 1. The minimum Gasteiger partial charge on any atom is -0.493 e. The quantitative estimate of drug-likeness (QED) is 0.538. The summed E-state index contributed by atoms with van der Waals surface area (Å²) < 4.78 is 11.6. The molecule has 1 heterocycles. The van der Waals surface area contributed by atoms with Gasteiger partial charge >= 0.3 is 0 Å². The van der Waals surface area contributed by atoms with E-state index >= 15 is 0 Å². The number of nitrogens with zero attached hydrogens (tertiary/aromatic N) is 1. The molecule has 0 radical (unpaired) electrons. The number of amides is 1. The van der Waals surface area contributed by atoms with Gasteiger partial charge in [-0.05, 0) is 48.2 Å². The molecule has 0 atom stereocenters. The Morgan fingerprint density at radius 3 is 2.69 bits per heavy atom. The molecule has 0 saturated carbocycles. The maximum atomic E-state index is 11.0. The Kier molecular flexibility index (Phi) is 6.94. The molecular weight excluding hydrogens is 388 g/mol. The first kappa shape index (κ1) is 20.9. The molecule has 0 spiro atoms. The normalized spacial score (nSPS) is 10.9. The lowest BCUT2D eigenvalue weighted by atomic mass is 10.1. The molecule has 152 valence electrons. The number of ether oxygens (including phenoxy) is 2. The van der Waals surface area contributed by atoms with Crippen molar-refractivity contribution in [3.63, 3.8) is 0 Å². The maximum Gasteiger partial charge on any atom is 0.219 e. The van der Waals surface area contributed by atoms with Gasteiger partial charge in [-0.2, -0.15) is 0 Å². The van der Waals surface area contributed by atoms with Crippen molar-refractivity contribution in [1.29, 1.82) is 0 Å². The first-order chi connectivity index (χ1) is 13.9. The van der Waals surface area contributed by atoms with Crippen LogP contribution in [-0.2, 0) is 11.2 Å². The summed E-state index contributed by atoms with van der Waals surface area (Å²) in [6, 6.07) is 15.2. The molecule has 6 heteroatoms. The zero-order valence-electron chi connectivity index (χ0n) is 16.9. The number of pyridine rings is 1. The highest BCUT2D eigenvalue weighted by Gasteiger charge is 2.08. The molecule has 2 aromatic carbocycles. The number of halogens is 1. The predicted molar refractivity (Wildman–Crippen MR) is 116 cm³/mol. The van der Waals surface area contributed by atoms with E-state index in [1.165, 1.54) is 6.92 Å². The molecule has 29 heavy (non-hydrogen) atoms. The predicted octanol–water partition coefficient (Wildman–Crippen LogP) is 5.39. The molecule has 0 saturated heterocycles. The molecule has 0 unspecified atom stereocenters. The highest BCUT2D eigenvalue weighted by atomic mass is 35.5. The van der Waals surface area contributed by atoms with E-state index in [2.05, 4.69) is 30.2 Å². The molecule has 1 N–H and O–H groups in total. The van der Waals surface area contributed by atoms with E-state index in [4.69, 9.17) is 21.1 Å². The van der Waals surface area contributed by atoms with E-state index < -0.39 is 0 Å². The van der Waals surface area contributed by atoms with Gasteiger partial charge in [-0.3, -0.25) is 4.79 Å². The Bertz CT molecular complexity index is 1000. The van der Waals surface area contributed by atoms with E-state index in [1.54, 1.807) is 12.1 Å². The lowest BCUT2D eigenvalue weighted by Gasteiger charge is -2.12. The second-order valence-corrected chi connectivity index (χ2v) is 7.72. The van der Waals surface area contributed by atoms with E-state index in [-0.39, 0.29) is 5.91 Å². The summed E-state index contributed by atoms with van der Waals surface area (Å²) >= 11 is 6.34. The molecule has 0 aliphatic heterocycles. The topological polar surface area (TPSA) is 60.5 Å². The van der Waals surface area contributed by atoms with Crippen molar-refractivity contribution in [3.05, 3.63) is 59.1 Å². The van der Waals surface area contributed by atoms with Crippen LogP contribution < -0.4 is 14.8 Å². The number of rotatable bonds is 8. The van der Waals surface area contributed by atoms with Crippen molar-refractivity contribution >= 4 is 28.4 Å². The lowest BCUT2D eigenvalue weighted by Crippen LogP contribution is -2.22. The Labute approximate surface area is 176 Å². The summed E-state index contributed by atoms with van der Waals surface area (Å²) in [7, 11) is 0. The van der Waals surface area contributed by atoms with Crippen molar-refractivity contribution in [2.24, 2.45) is 5.92 Å². The van der Waals surface area contributed by atoms with Gasteiger partial charge in [0.2, 0.25) is 11.8 Å². The number of aromatic nitrogens is 1. The highest BCUT2D eigenvalue weighted by molar-refractivity contribution is 6.32. The molecule has 1 amide bonds. The molecule has 0 aliphatic carbocycles. The first-order valence-electron chi connectivity index (χ1n) is 9.65. The fourth-order valence-electron chi connectivity index (χ4n) is 2.78. The third kappa shape index (κ3) is 6.09. The Morgan fingerprint density at radius 1 is 1.14 bits per heavy atom. The van der Waals surface area contributed by atoms with Gasteiger partial charge in [0.25, 0.3) is 0 Å². The number of hydrogen-bond acceptors (Lipinski definition) is 4. The summed E-state index contributed by atoms with van der Waals surface area (Å²) in [5.41, 5.74) is 1.97. The molecule has 1 aromatic heterocycles. The highest BCUT2D eigenvalue weighted by Crippen LogP contribution is 2.32. The van der Waals surface area contributed by atoms with Crippen LogP contribution in [0.3, 0.4) is 0 Å². The number of fused-ring (bicyclic) bond motifs is 1. The van der Waals surface area contributed by atoms with Crippen LogP contribution in [-0.4, -0.2) is 24.0 Å². The van der Waals surface area contributed by atoms with E-state index in [1.807, 2.05) is 30.3 Å². The van der Waals surface area contributed by atoms with Crippen molar-refractivity contribution in [2.75, 3.05) is 13.2 Å². The van der Waals surface area contributed by atoms with Gasteiger partial charge in [-0.15, -0.1) is 0 Å². The largest absolute Gasteiger partial charge is 0.493 e. The van der Waals surface area contributed by atoms with Crippen molar-refractivity contribution < 1.29 is 14.3 Å². The maximum absolute atomic E-state index is 11.0. The van der Waals surface area contributed by atoms with Crippen LogP contribution >= 0.6 is 11.6 Å². The van der Waals surface area contributed by atoms with Crippen LogP contribution in [0.25, 0.3) is 10.9 Å². The van der Waals surface area contributed by atoms with Crippen LogP contribution in [0.15, 0.2) is 48.5 Å². The second kappa shape index (κ2) is 9.61. The SMILES string of the molecule is CC(=O)NCCc1ccc2nc(Oc3ccc(OCC(C)C)cc3Cl)ccc2c1. The van der Waals surface area contributed by atoms with E-state index in [0.29, 0.717) is 41.5 Å². The molecule has 0 fully saturated rings. The molecular formula is C23H25ClN2O3. The van der Waals surface area contributed by atoms with Gasteiger partial charge in [-0.1, -0.05) is 31.5 Å². The van der Waals surface area contributed by atoms with E-state index in [0.717, 1.165) is 22.9 Å². The number of carbonyl (C=O) groups excluding carboxylic acids is 1. The Morgan fingerprint density at radius 2 is 1.97 bits per heavy atom. The van der Waals surface area contributed by atoms with Crippen LogP contribution in [0.1, 0.15) is 26.3 Å². The molecule has 5 nitrogen and oxygen atoms in total. The number of carbonyl (C=O) groups is 1. The monoisotopic (exact) mass is 412 g/mol. The van der Waals surface area contributed by atoms with Crippen LogP contribution in [0.4, 0.5) is 0 Å². The van der Waals surface area contributed by atoms with Crippen LogP contribution in [0.5, 0.6) is 17.4 Å². The van der Waals surface area contributed by atoms with Gasteiger partial charge in [0.05, 0.1) is 17.1 Å². The van der Waals surface area contributed by atoms with Crippen LogP contribution in [0, 0.1) is 5.92 Å². The first-order valence-corrected chi connectivity index (χ1v) is 10.0. The van der Waals surface area contributed by atoms with Gasteiger partial charge in [0, 0.05) is 31.0 Å². The molecule has 3 aromatic rings. The summed E-state index contributed by atoms with van der Waals surface area (Å²) in [5, 5.41) is 4.29. The Balaban J connectivity index is 1.69. The van der Waals surface area contributed by atoms with Crippen LogP contribution in [0.2, 0.25) is 5.02 Å². The third-order valence-corrected chi connectivity index (χ3v) is 4.51. The lowest BCUT2D eigenvalue weighted by molar-refractivity contribution is -0.118. The average Bonchev–Trinajstić information content (AvgIpc) is 2.68. The fraction of sp³-hybridized carbons (Fsp3) is 0.304. The second-order valence-electron chi connectivity index (χ2n) is 7.31. The zero-order valence-corrected chi connectivity index (χ0v) is 17.6. The van der Waals surface area contributed by atoms with Crippen molar-refractivity contribution in [1.82, 2.24) is 10.3 Å². The van der Waals surface area contributed by atoms with E-state index in [9.17, 15) is 4.79 Å². The third-order valence-electron chi connectivity index (χ3n) is 4.22. The fourth-order valence-corrected chi connectivity index (χ4v) is 2.99. The smallest absolute Gasteiger partial charge is 0.219 e. The van der Waals surface area contributed by atoms with Gasteiger partial charge in [0.1, 0.15) is 11.5 Å². The van der Waals surface area contributed by atoms with Gasteiger partial charge in [0.15, 0.2) is 0 Å². The summed E-state index contributed by atoms with van der Waals surface area (Å²) in [4.78, 5) is 15.5. The van der Waals surface area contributed by atoms with Crippen molar-refractivity contribution in [3.8, 4) is 17.4 Å². The minimum absolute atomic E-state index is 0.0209. The molecule has 0 bridgehead atoms. The summed E-state index contributed by atoms with van der Waals surface area (Å²) in [6.07, 6.45) is 0.772. The minimum atomic E-state index is -0.0209. The number of benzene rings is 2. The standard InChI is InChI=1S/C23H25ClN2O3/c1-15(2)14-28-19-6-8-22(20(24)13-19)29-23-9-5-18-12-17(4-7-21(18)26-23)10-11-25-16(3)27/h4-9,12-13,15H,10-11,14H2,1-3H3,(H,25,27). The average molecular weight is 413 g/mol. The van der Waals surface area contributed by atoms with Gasteiger partial charge < -0.3 is 14.8 Å². The number of nitrogens with one attached hydrogen (secondary N) is 1. The summed E-state index contributed by atoms with van der Waals surface area (Å²) in [6.45, 7) is 6.96. The van der Waals surface area contributed by atoms with Crippen molar-refractivity contribution in [2.45, 2.75) is 27.2 Å². The van der Waals surface area contributed by atoms with Gasteiger partial charge in [-0.25, -0.2) is 4.98 Å². The molecule has 0 aliphatic rings. The molecule has 3 rings (SSSR count). The summed E-state index contributed by atoms with van der Waals surface area (Å²) in [5.74, 6) is 2.14. The zero-order chi connectivity index (χ0) is 20.8. The Hall–Kier alpha value is -2.79.